The second-order valence-electron chi connectivity index (χ2n) is 5.14. The largest absolute Gasteiger partial charge is 0.340 e. The first-order chi connectivity index (χ1) is 10.2. The van der Waals surface area contributed by atoms with Gasteiger partial charge in [0.05, 0.1) is 18.2 Å². The maximum atomic E-state index is 12.5. The van der Waals surface area contributed by atoms with Crippen LogP contribution in [0.5, 0.6) is 0 Å². The predicted molar refractivity (Wildman–Crippen MR) is 83.4 cm³/mol. The molecule has 0 bridgehead atoms. The summed E-state index contributed by atoms with van der Waals surface area (Å²) in [6, 6.07) is 15.7. The van der Waals surface area contributed by atoms with Gasteiger partial charge < -0.3 is 10.6 Å². The van der Waals surface area contributed by atoms with E-state index in [9.17, 15) is 4.79 Å². The number of benzene rings is 1. The molecule has 2 N–H and O–H groups in total. The third-order valence-corrected chi connectivity index (χ3v) is 3.46. The highest BCUT2D eigenvalue weighted by Crippen LogP contribution is 2.12. The van der Waals surface area contributed by atoms with E-state index in [0.29, 0.717) is 19.5 Å². The molecule has 1 aromatic carbocycles. The van der Waals surface area contributed by atoms with Crippen LogP contribution in [0.25, 0.3) is 0 Å². The molecule has 0 aliphatic rings. The molecule has 2 rings (SSSR count). The Morgan fingerprint density at radius 1 is 1.19 bits per heavy atom. The van der Waals surface area contributed by atoms with Crippen LogP contribution in [0.2, 0.25) is 0 Å². The number of hydrogen-bond donors (Lipinski definition) is 1. The summed E-state index contributed by atoms with van der Waals surface area (Å²) < 4.78 is 0. The molecule has 1 amide bonds. The van der Waals surface area contributed by atoms with Gasteiger partial charge in [0, 0.05) is 19.8 Å². The van der Waals surface area contributed by atoms with E-state index in [2.05, 4.69) is 4.98 Å². The van der Waals surface area contributed by atoms with Crippen molar-refractivity contribution in [2.45, 2.75) is 13.0 Å². The molecule has 4 heteroatoms. The van der Waals surface area contributed by atoms with Gasteiger partial charge in [-0.25, -0.2) is 0 Å². The van der Waals surface area contributed by atoms with E-state index in [4.69, 9.17) is 5.73 Å². The summed E-state index contributed by atoms with van der Waals surface area (Å²) in [6.45, 7) is 0.852. The first-order valence-electron chi connectivity index (χ1n) is 7.09. The lowest BCUT2D eigenvalue weighted by Crippen LogP contribution is -2.37. The molecule has 21 heavy (non-hydrogen) atoms. The fraction of sp³-hybridized carbons (Fsp3) is 0.294. The van der Waals surface area contributed by atoms with E-state index < -0.39 is 0 Å². The monoisotopic (exact) mass is 283 g/mol. The standard InChI is InChI=1S/C17H21N3O/c1-20(13-16-9-5-6-10-19-16)17(21)15(12-18)11-14-7-3-2-4-8-14/h2-10,15H,11-13,18H2,1H3. The van der Waals surface area contributed by atoms with Crippen LogP contribution >= 0.6 is 0 Å². The maximum Gasteiger partial charge on any atom is 0.227 e. The Morgan fingerprint density at radius 2 is 1.90 bits per heavy atom. The third kappa shape index (κ3) is 4.39. The lowest BCUT2D eigenvalue weighted by Gasteiger charge is -2.22. The fourth-order valence-electron chi connectivity index (χ4n) is 2.29. The van der Waals surface area contributed by atoms with Gasteiger partial charge >= 0.3 is 0 Å². The topological polar surface area (TPSA) is 59.2 Å². The first-order valence-corrected chi connectivity index (χ1v) is 7.09. The lowest BCUT2D eigenvalue weighted by molar-refractivity contribution is -0.134. The quantitative estimate of drug-likeness (QED) is 0.880. The Kier molecular flexibility index (Phi) is 5.46. The van der Waals surface area contributed by atoms with Gasteiger partial charge in [0.15, 0.2) is 0 Å². The van der Waals surface area contributed by atoms with E-state index in [-0.39, 0.29) is 11.8 Å². The van der Waals surface area contributed by atoms with Crippen LogP contribution in [0, 0.1) is 5.92 Å². The van der Waals surface area contributed by atoms with Crippen molar-refractivity contribution in [3.05, 3.63) is 66.0 Å². The van der Waals surface area contributed by atoms with Crippen molar-refractivity contribution in [3.8, 4) is 0 Å². The van der Waals surface area contributed by atoms with Crippen molar-refractivity contribution in [1.82, 2.24) is 9.88 Å². The molecule has 1 atom stereocenters. The van der Waals surface area contributed by atoms with Gasteiger partial charge in [0.25, 0.3) is 0 Å². The minimum absolute atomic E-state index is 0.0620. The molecule has 0 aliphatic carbocycles. The zero-order chi connectivity index (χ0) is 15.1. The Morgan fingerprint density at radius 3 is 2.52 bits per heavy atom. The van der Waals surface area contributed by atoms with Crippen LogP contribution in [-0.4, -0.2) is 29.4 Å². The Balaban J connectivity index is 1.99. The molecule has 0 radical (unpaired) electrons. The lowest BCUT2D eigenvalue weighted by atomic mass is 9.98. The molecule has 0 saturated heterocycles. The number of nitrogens with zero attached hydrogens (tertiary/aromatic N) is 2. The maximum absolute atomic E-state index is 12.5. The van der Waals surface area contributed by atoms with Crippen molar-refractivity contribution in [2.24, 2.45) is 11.7 Å². The summed E-state index contributed by atoms with van der Waals surface area (Å²) in [5, 5.41) is 0. The Labute approximate surface area is 125 Å². The minimum atomic E-state index is -0.193. The number of amides is 1. The first kappa shape index (κ1) is 15.2. The second kappa shape index (κ2) is 7.55. The smallest absolute Gasteiger partial charge is 0.227 e. The molecule has 0 spiro atoms. The fourth-order valence-corrected chi connectivity index (χ4v) is 2.29. The molecular formula is C17H21N3O. The summed E-state index contributed by atoms with van der Waals surface area (Å²) >= 11 is 0. The Bertz CT molecular complexity index is 557. The molecule has 110 valence electrons. The van der Waals surface area contributed by atoms with Crippen LogP contribution in [-0.2, 0) is 17.8 Å². The highest BCUT2D eigenvalue weighted by Gasteiger charge is 2.21. The highest BCUT2D eigenvalue weighted by atomic mass is 16.2. The average Bonchev–Trinajstić information content (AvgIpc) is 2.54. The molecule has 2 aromatic rings. The second-order valence-corrected chi connectivity index (χ2v) is 5.14. The highest BCUT2D eigenvalue weighted by molar-refractivity contribution is 5.79. The molecule has 1 unspecified atom stereocenters. The number of carbonyl (C=O) groups is 1. The van der Waals surface area contributed by atoms with Gasteiger partial charge in [0.1, 0.15) is 0 Å². The van der Waals surface area contributed by atoms with E-state index in [1.165, 1.54) is 0 Å². The number of nitrogens with two attached hydrogens (primary N) is 1. The summed E-state index contributed by atoms with van der Waals surface area (Å²) in [7, 11) is 1.80. The molecule has 1 aromatic heterocycles. The molecule has 0 saturated carbocycles. The van der Waals surface area contributed by atoms with Gasteiger partial charge in [-0.05, 0) is 24.1 Å². The number of carbonyl (C=O) groups excluding carboxylic acids is 1. The summed E-state index contributed by atoms with van der Waals surface area (Å²) in [6.07, 6.45) is 2.40. The zero-order valence-corrected chi connectivity index (χ0v) is 12.3. The van der Waals surface area contributed by atoms with Crippen LogP contribution in [0.3, 0.4) is 0 Å². The van der Waals surface area contributed by atoms with E-state index in [0.717, 1.165) is 11.3 Å². The Hall–Kier alpha value is -2.20. The van der Waals surface area contributed by atoms with Crippen molar-refractivity contribution in [3.63, 3.8) is 0 Å². The zero-order valence-electron chi connectivity index (χ0n) is 12.3. The molecular weight excluding hydrogens is 262 g/mol. The number of pyridine rings is 1. The SMILES string of the molecule is CN(Cc1ccccn1)C(=O)C(CN)Cc1ccccc1. The third-order valence-electron chi connectivity index (χ3n) is 3.46. The van der Waals surface area contributed by atoms with Gasteiger partial charge in [-0.3, -0.25) is 9.78 Å². The van der Waals surface area contributed by atoms with Crippen molar-refractivity contribution >= 4 is 5.91 Å². The van der Waals surface area contributed by atoms with Gasteiger partial charge in [-0.2, -0.15) is 0 Å². The number of aromatic nitrogens is 1. The normalized spacial score (nSPS) is 11.9. The van der Waals surface area contributed by atoms with E-state index in [1.807, 2.05) is 48.5 Å². The molecule has 0 fully saturated rings. The van der Waals surface area contributed by atoms with Crippen molar-refractivity contribution < 1.29 is 4.79 Å². The van der Waals surface area contributed by atoms with Crippen molar-refractivity contribution in [2.75, 3.05) is 13.6 Å². The van der Waals surface area contributed by atoms with Crippen molar-refractivity contribution in [1.29, 1.82) is 0 Å². The van der Waals surface area contributed by atoms with Crippen LogP contribution in [0.15, 0.2) is 54.7 Å². The van der Waals surface area contributed by atoms with Crippen LogP contribution < -0.4 is 5.73 Å². The van der Waals surface area contributed by atoms with Gasteiger partial charge in [-0.1, -0.05) is 36.4 Å². The van der Waals surface area contributed by atoms with E-state index >= 15 is 0 Å². The summed E-state index contributed by atoms with van der Waals surface area (Å²) in [4.78, 5) is 18.4. The molecule has 4 nitrogen and oxygen atoms in total. The van der Waals surface area contributed by atoms with E-state index in [1.54, 1.807) is 18.1 Å². The minimum Gasteiger partial charge on any atom is -0.340 e. The van der Waals surface area contributed by atoms with Crippen LogP contribution in [0.1, 0.15) is 11.3 Å². The predicted octanol–water partition coefficient (Wildman–Crippen LogP) is 1.86. The average molecular weight is 283 g/mol. The number of rotatable bonds is 6. The van der Waals surface area contributed by atoms with Crippen LogP contribution in [0.4, 0.5) is 0 Å². The van der Waals surface area contributed by atoms with Gasteiger partial charge in [0.2, 0.25) is 5.91 Å². The van der Waals surface area contributed by atoms with Gasteiger partial charge in [-0.15, -0.1) is 0 Å². The summed E-state index contributed by atoms with van der Waals surface area (Å²) in [5.74, 6) is -0.131. The number of hydrogen-bond acceptors (Lipinski definition) is 3. The molecule has 0 aliphatic heterocycles. The molecule has 1 heterocycles. The summed E-state index contributed by atoms with van der Waals surface area (Å²) in [5.41, 5.74) is 7.80.